The smallest absolute Gasteiger partial charge is 0.165 e. The van der Waals surface area contributed by atoms with Gasteiger partial charge in [0.1, 0.15) is 4.83 Å². The van der Waals surface area contributed by atoms with E-state index in [1.54, 1.807) is 23.7 Å². The number of aromatic nitrogens is 3. The Morgan fingerprint density at radius 1 is 1.29 bits per heavy atom. The van der Waals surface area contributed by atoms with Crippen LogP contribution in [0.2, 0.25) is 0 Å². The monoisotopic (exact) mass is 297 g/mol. The maximum Gasteiger partial charge on any atom is 0.165 e. The Labute approximate surface area is 126 Å². The molecule has 0 amide bonds. The topological polar surface area (TPSA) is 76.7 Å². The molecule has 0 saturated heterocycles. The average molecular weight is 297 g/mol. The summed E-state index contributed by atoms with van der Waals surface area (Å²) in [4.78, 5) is 16.0. The highest BCUT2D eigenvalue weighted by molar-refractivity contribution is 7.19. The average Bonchev–Trinajstić information content (AvgIpc) is 3.07. The number of hydrazine groups is 1. The molecular weight excluding hydrogens is 282 g/mol. The number of rotatable bonds is 2. The molecule has 3 N–H and O–H groups in total. The van der Waals surface area contributed by atoms with E-state index in [1.807, 2.05) is 13.0 Å². The molecule has 0 unspecified atom stereocenters. The van der Waals surface area contributed by atoms with Crippen molar-refractivity contribution < 1.29 is 0 Å². The minimum atomic E-state index is 0.681. The summed E-state index contributed by atoms with van der Waals surface area (Å²) in [6.45, 7) is 2.04. The highest BCUT2D eigenvalue weighted by atomic mass is 32.1. The van der Waals surface area contributed by atoms with Gasteiger partial charge in [-0.1, -0.05) is 0 Å². The molecule has 0 aliphatic heterocycles. The predicted molar refractivity (Wildman–Crippen MR) is 85.2 cm³/mol. The fraction of sp³-hybridized carbons (Fsp3) is 0.267. The number of nitrogens with two attached hydrogens (primary N) is 1. The van der Waals surface area contributed by atoms with Crippen LogP contribution in [-0.2, 0) is 12.8 Å². The SMILES string of the molecule is Cc1ccncc1-c1nc(NN)c2c3c(sc2n1)CCC3. The van der Waals surface area contributed by atoms with Crippen molar-refractivity contribution in [3.63, 3.8) is 0 Å². The predicted octanol–water partition coefficient (Wildman–Crippen LogP) is 2.84. The molecule has 4 rings (SSSR count). The van der Waals surface area contributed by atoms with Crippen molar-refractivity contribution in [2.45, 2.75) is 26.2 Å². The summed E-state index contributed by atoms with van der Waals surface area (Å²) in [5.74, 6) is 7.10. The van der Waals surface area contributed by atoms with Crippen LogP contribution in [0, 0.1) is 6.92 Å². The molecule has 0 aromatic carbocycles. The number of nitrogen functional groups attached to an aromatic ring is 1. The lowest BCUT2D eigenvalue weighted by molar-refractivity contribution is 0.917. The molecule has 3 aromatic rings. The van der Waals surface area contributed by atoms with Gasteiger partial charge in [0.05, 0.1) is 5.39 Å². The van der Waals surface area contributed by atoms with Crippen LogP contribution < -0.4 is 11.3 Å². The molecule has 3 aromatic heterocycles. The lowest BCUT2D eigenvalue weighted by Gasteiger charge is -2.08. The maximum absolute atomic E-state index is 5.70. The molecule has 1 aliphatic carbocycles. The van der Waals surface area contributed by atoms with Crippen LogP contribution in [0.4, 0.5) is 5.82 Å². The minimum absolute atomic E-state index is 0.681. The van der Waals surface area contributed by atoms with Crippen molar-refractivity contribution in [2.75, 3.05) is 5.43 Å². The van der Waals surface area contributed by atoms with Crippen LogP contribution in [-0.4, -0.2) is 15.0 Å². The molecule has 3 heterocycles. The quantitative estimate of drug-likeness (QED) is 0.562. The third-order valence-corrected chi connectivity index (χ3v) is 5.17. The number of thiophene rings is 1. The Morgan fingerprint density at radius 3 is 3.00 bits per heavy atom. The lowest BCUT2D eigenvalue weighted by atomic mass is 10.1. The first-order chi connectivity index (χ1) is 10.3. The molecule has 1 aliphatic rings. The van der Waals surface area contributed by atoms with Gasteiger partial charge in [-0.2, -0.15) is 0 Å². The molecule has 106 valence electrons. The minimum Gasteiger partial charge on any atom is -0.308 e. The molecule has 0 fully saturated rings. The second-order valence-electron chi connectivity index (χ2n) is 5.27. The summed E-state index contributed by atoms with van der Waals surface area (Å²) in [6, 6.07) is 1.97. The van der Waals surface area contributed by atoms with E-state index in [4.69, 9.17) is 10.8 Å². The first kappa shape index (κ1) is 12.7. The number of anilines is 1. The maximum atomic E-state index is 5.70. The molecule has 0 saturated carbocycles. The van der Waals surface area contributed by atoms with Crippen molar-refractivity contribution >= 4 is 27.4 Å². The van der Waals surface area contributed by atoms with E-state index in [0.29, 0.717) is 5.82 Å². The van der Waals surface area contributed by atoms with E-state index < -0.39 is 0 Å². The van der Waals surface area contributed by atoms with Gasteiger partial charge in [0.15, 0.2) is 11.6 Å². The van der Waals surface area contributed by atoms with Crippen molar-refractivity contribution in [1.29, 1.82) is 0 Å². The molecule has 0 bridgehead atoms. The van der Waals surface area contributed by atoms with Crippen molar-refractivity contribution in [3.8, 4) is 11.4 Å². The molecule has 6 heteroatoms. The summed E-state index contributed by atoms with van der Waals surface area (Å²) in [7, 11) is 0. The number of nitrogens with zero attached hydrogens (tertiary/aromatic N) is 3. The van der Waals surface area contributed by atoms with Gasteiger partial charge < -0.3 is 5.43 Å². The number of hydrogen-bond acceptors (Lipinski definition) is 6. The molecule has 0 atom stereocenters. The number of aryl methyl sites for hydroxylation is 3. The Balaban J connectivity index is 1.99. The zero-order valence-corrected chi connectivity index (χ0v) is 12.5. The van der Waals surface area contributed by atoms with Gasteiger partial charge in [-0.05, 0) is 43.4 Å². The van der Waals surface area contributed by atoms with Crippen molar-refractivity contribution in [2.24, 2.45) is 5.84 Å². The van der Waals surface area contributed by atoms with Gasteiger partial charge in [0.25, 0.3) is 0 Å². The Hall–Kier alpha value is -2.05. The normalized spacial score (nSPS) is 13.6. The highest BCUT2D eigenvalue weighted by Gasteiger charge is 2.22. The summed E-state index contributed by atoms with van der Waals surface area (Å²) < 4.78 is 0. The van der Waals surface area contributed by atoms with Gasteiger partial charge in [0, 0.05) is 22.8 Å². The van der Waals surface area contributed by atoms with Crippen LogP contribution in [0.5, 0.6) is 0 Å². The first-order valence-electron chi connectivity index (χ1n) is 6.98. The van der Waals surface area contributed by atoms with Gasteiger partial charge in [-0.25, -0.2) is 15.8 Å². The number of pyridine rings is 1. The van der Waals surface area contributed by atoms with Crippen molar-refractivity contribution in [1.82, 2.24) is 15.0 Å². The first-order valence-corrected chi connectivity index (χ1v) is 7.79. The number of fused-ring (bicyclic) bond motifs is 3. The molecule has 0 radical (unpaired) electrons. The second-order valence-corrected chi connectivity index (χ2v) is 6.35. The summed E-state index contributed by atoms with van der Waals surface area (Å²) in [5, 5.41) is 1.10. The van der Waals surface area contributed by atoms with E-state index in [0.717, 1.165) is 40.0 Å². The summed E-state index contributed by atoms with van der Waals surface area (Å²) in [6.07, 6.45) is 7.03. The molecular formula is C15H15N5S. The van der Waals surface area contributed by atoms with Crippen LogP contribution in [0.15, 0.2) is 18.5 Å². The Bertz CT molecular complexity index is 839. The van der Waals surface area contributed by atoms with Gasteiger partial charge in [-0.3, -0.25) is 4.98 Å². The van der Waals surface area contributed by atoms with Crippen molar-refractivity contribution in [3.05, 3.63) is 34.5 Å². The summed E-state index contributed by atoms with van der Waals surface area (Å²) in [5.41, 5.74) is 6.18. The third kappa shape index (κ3) is 1.91. The number of nitrogens with one attached hydrogen (secondary N) is 1. The van der Waals surface area contributed by atoms with Gasteiger partial charge in [-0.15, -0.1) is 11.3 Å². The second kappa shape index (κ2) is 4.75. The Kier molecular flexibility index (Phi) is 2.87. The molecule has 0 spiro atoms. The van der Waals surface area contributed by atoms with E-state index >= 15 is 0 Å². The van der Waals surface area contributed by atoms with E-state index in [1.165, 1.54) is 16.9 Å². The third-order valence-electron chi connectivity index (χ3n) is 3.98. The standard InChI is InChI=1S/C15H15N5S/c1-8-5-6-17-7-10(8)13-18-14(20-16)12-9-3-2-4-11(9)21-15(12)19-13/h5-7H,2-4,16H2,1H3,(H,18,19,20). The molecule has 5 nitrogen and oxygen atoms in total. The zero-order valence-electron chi connectivity index (χ0n) is 11.7. The van der Waals surface area contributed by atoms with E-state index in [9.17, 15) is 0 Å². The van der Waals surface area contributed by atoms with Gasteiger partial charge in [0.2, 0.25) is 0 Å². The van der Waals surface area contributed by atoms with E-state index in [2.05, 4.69) is 15.4 Å². The largest absolute Gasteiger partial charge is 0.308 e. The zero-order chi connectivity index (χ0) is 14.4. The number of hydrogen-bond donors (Lipinski definition) is 2. The summed E-state index contributed by atoms with van der Waals surface area (Å²) >= 11 is 1.76. The fourth-order valence-corrected chi connectivity index (χ4v) is 4.18. The Morgan fingerprint density at radius 2 is 2.19 bits per heavy atom. The van der Waals surface area contributed by atoms with Gasteiger partial charge >= 0.3 is 0 Å². The molecule has 21 heavy (non-hydrogen) atoms. The van der Waals surface area contributed by atoms with Crippen LogP contribution in [0.3, 0.4) is 0 Å². The van der Waals surface area contributed by atoms with Crippen LogP contribution in [0.25, 0.3) is 21.6 Å². The van der Waals surface area contributed by atoms with Crippen LogP contribution in [0.1, 0.15) is 22.4 Å². The highest BCUT2D eigenvalue weighted by Crippen LogP contribution is 2.40. The lowest BCUT2D eigenvalue weighted by Crippen LogP contribution is -2.10. The van der Waals surface area contributed by atoms with E-state index in [-0.39, 0.29) is 0 Å². The fourth-order valence-electron chi connectivity index (χ4n) is 2.92. The van der Waals surface area contributed by atoms with Crippen LogP contribution >= 0.6 is 11.3 Å².